The molecule has 1 aromatic rings. The number of aryl methyl sites for hydroxylation is 1. The molecule has 4 heteroatoms. The first-order valence-electron chi connectivity index (χ1n) is 4.26. The zero-order valence-corrected chi connectivity index (χ0v) is 9.13. The molecule has 0 aliphatic rings. The van der Waals surface area contributed by atoms with E-state index in [9.17, 15) is 13.2 Å². The van der Waals surface area contributed by atoms with Crippen molar-refractivity contribution in [3.05, 3.63) is 40.4 Å². The Morgan fingerprint density at radius 1 is 1.27 bits per heavy atom. The summed E-state index contributed by atoms with van der Waals surface area (Å²) >= 11 is 5.80. The maximum absolute atomic E-state index is 12.4. The van der Waals surface area contributed by atoms with E-state index in [1.165, 1.54) is 12.1 Å². The first-order valence-corrected chi connectivity index (χ1v) is 4.64. The molecule has 1 rings (SSSR count). The van der Waals surface area contributed by atoms with Gasteiger partial charge in [-0.25, -0.2) is 0 Å². The predicted molar refractivity (Wildman–Crippen MR) is 56.0 cm³/mol. The van der Waals surface area contributed by atoms with Gasteiger partial charge in [-0.2, -0.15) is 13.2 Å². The highest BCUT2D eigenvalue weighted by Gasteiger charge is 2.33. The fraction of sp³-hybridized carbons (Fsp3) is 0.273. The second kappa shape index (κ2) is 3.89. The number of hydrogen-bond donors (Lipinski definition) is 0. The average molecular weight is 235 g/mol. The summed E-state index contributed by atoms with van der Waals surface area (Å²) in [7, 11) is 0. The van der Waals surface area contributed by atoms with Gasteiger partial charge in [0.05, 0.1) is 5.57 Å². The maximum atomic E-state index is 12.4. The summed E-state index contributed by atoms with van der Waals surface area (Å²) in [5.74, 6) is 0. The Kier molecular flexibility index (Phi) is 3.14. The first-order chi connectivity index (χ1) is 6.73. The molecule has 0 nitrogen and oxygen atoms in total. The van der Waals surface area contributed by atoms with Crippen molar-refractivity contribution < 1.29 is 13.2 Å². The molecular weight excluding hydrogens is 225 g/mol. The topological polar surface area (TPSA) is 0 Å². The van der Waals surface area contributed by atoms with E-state index < -0.39 is 11.7 Å². The molecule has 0 aromatic heterocycles. The van der Waals surface area contributed by atoms with Gasteiger partial charge in [0.2, 0.25) is 0 Å². The Morgan fingerprint density at radius 2 is 1.80 bits per heavy atom. The van der Waals surface area contributed by atoms with Crippen LogP contribution in [0.1, 0.15) is 16.7 Å². The lowest BCUT2D eigenvalue weighted by Crippen LogP contribution is -2.09. The van der Waals surface area contributed by atoms with Gasteiger partial charge in [0.25, 0.3) is 0 Å². The lowest BCUT2D eigenvalue weighted by molar-refractivity contribution is -0.0686. The zero-order chi connectivity index (χ0) is 11.8. The van der Waals surface area contributed by atoms with Crippen molar-refractivity contribution in [1.82, 2.24) is 0 Å². The first kappa shape index (κ1) is 12.1. The van der Waals surface area contributed by atoms with Crippen LogP contribution in [-0.2, 0) is 0 Å². The molecule has 0 fully saturated rings. The normalized spacial score (nSPS) is 11.6. The molecule has 0 unspecified atom stereocenters. The number of hydrogen-bond acceptors (Lipinski definition) is 0. The molecule has 15 heavy (non-hydrogen) atoms. The van der Waals surface area contributed by atoms with E-state index in [1.54, 1.807) is 13.8 Å². The molecule has 0 amide bonds. The summed E-state index contributed by atoms with van der Waals surface area (Å²) in [6.45, 7) is 6.50. The van der Waals surface area contributed by atoms with Crippen molar-refractivity contribution in [2.45, 2.75) is 20.0 Å². The van der Waals surface area contributed by atoms with E-state index in [-0.39, 0.29) is 5.56 Å². The van der Waals surface area contributed by atoms with E-state index in [1.807, 2.05) is 0 Å². The van der Waals surface area contributed by atoms with Gasteiger partial charge >= 0.3 is 6.18 Å². The summed E-state index contributed by atoms with van der Waals surface area (Å²) in [6, 6.07) is 2.73. The van der Waals surface area contributed by atoms with Crippen LogP contribution in [0.2, 0.25) is 5.02 Å². The second-order valence-electron chi connectivity index (χ2n) is 3.38. The van der Waals surface area contributed by atoms with Crippen LogP contribution in [0.4, 0.5) is 13.2 Å². The van der Waals surface area contributed by atoms with Gasteiger partial charge in [-0.05, 0) is 36.6 Å². The van der Waals surface area contributed by atoms with Crippen LogP contribution in [0.3, 0.4) is 0 Å². The highest BCUT2D eigenvalue weighted by Crippen LogP contribution is 2.34. The van der Waals surface area contributed by atoms with Crippen molar-refractivity contribution in [3.63, 3.8) is 0 Å². The van der Waals surface area contributed by atoms with E-state index in [2.05, 4.69) is 6.58 Å². The molecule has 0 aliphatic carbocycles. The molecule has 0 heterocycles. The van der Waals surface area contributed by atoms with Crippen molar-refractivity contribution >= 4 is 17.2 Å². The molecule has 0 spiro atoms. The fourth-order valence-electron chi connectivity index (χ4n) is 1.15. The Labute approximate surface area is 91.4 Å². The van der Waals surface area contributed by atoms with Crippen molar-refractivity contribution in [3.8, 4) is 0 Å². The van der Waals surface area contributed by atoms with Gasteiger partial charge in [0, 0.05) is 5.02 Å². The Bertz CT molecular complexity index is 382. The number of benzene rings is 1. The molecule has 0 atom stereocenters. The van der Waals surface area contributed by atoms with Gasteiger partial charge in [0.15, 0.2) is 0 Å². The van der Waals surface area contributed by atoms with E-state index in [0.717, 1.165) is 11.1 Å². The molecule has 0 bridgehead atoms. The van der Waals surface area contributed by atoms with Gasteiger partial charge in [0.1, 0.15) is 0 Å². The lowest BCUT2D eigenvalue weighted by Gasteiger charge is -2.12. The van der Waals surface area contributed by atoms with Crippen molar-refractivity contribution in [2.24, 2.45) is 0 Å². The van der Waals surface area contributed by atoms with Crippen LogP contribution in [0, 0.1) is 13.8 Å². The smallest absolute Gasteiger partial charge is 0.166 e. The van der Waals surface area contributed by atoms with Gasteiger partial charge < -0.3 is 0 Å². The minimum absolute atomic E-state index is 0.0237. The number of halogens is 4. The minimum Gasteiger partial charge on any atom is -0.166 e. The molecule has 0 saturated carbocycles. The van der Waals surface area contributed by atoms with Crippen molar-refractivity contribution in [1.29, 1.82) is 0 Å². The zero-order valence-electron chi connectivity index (χ0n) is 8.37. The van der Waals surface area contributed by atoms with Crippen molar-refractivity contribution in [2.75, 3.05) is 0 Å². The standard InChI is InChI=1S/C11H10ClF3/c1-6-4-9(5-10(12)7(6)2)8(3)11(13,14)15/h4-5H,3H2,1-2H3. The van der Waals surface area contributed by atoms with Crippen LogP contribution in [0.15, 0.2) is 18.7 Å². The van der Waals surface area contributed by atoms with Crippen LogP contribution in [0.5, 0.6) is 0 Å². The largest absolute Gasteiger partial charge is 0.416 e. The molecular formula is C11H10ClF3. The summed E-state index contributed by atoms with van der Waals surface area (Å²) in [4.78, 5) is 0. The summed E-state index contributed by atoms with van der Waals surface area (Å²) in [5, 5.41) is 0.329. The molecule has 1 aromatic carbocycles. The highest BCUT2D eigenvalue weighted by molar-refractivity contribution is 6.31. The Balaban J connectivity index is 3.24. The summed E-state index contributed by atoms with van der Waals surface area (Å²) in [6.07, 6.45) is -4.41. The fourth-order valence-corrected chi connectivity index (χ4v) is 1.42. The molecule has 0 saturated heterocycles. The number of alkyl halides is 3. The quantitative estimate of drug-likeness (QED) is 0.670. The third kappa shape index (κ3) is 2.53. The molecule has 0 N–H and O–H groups in total. The minimum atomic E-state index is -4.41. The monoisotopic (exact) mass is 234 g/mol. The van der Waals surface area contributed by atoms with Gasteiger partial charge in [-0.1, -0.05) is 24.2 Å². The summed E-state index contributed by atoms with van der Waals surface area (Å²) < 4.78 is 37.1. The average Bonchev–Trinajstić information content (AvgIpc) is 2.10. The van der Waals surface area contributed by atoms with E-state index >= 15 is 0 Å². The number of rotatable bonds is 1. The predicted octanol–water partition coefficient (Wildman–Crippen LogP) is 4.53. The third-order valence-electron chi connectivity index (χ3n) is 2.29. The molecule has 0 aliphatic heterocycles. The van der Waals surface area contributed by atoms with E-state index in [0.29, 0.717) is 5.02 Å². The molecule has 0 radical (unpaired) electrons. The third-order valence-corrected chi connectivity index (χ3v) is 2.69. The van der Waals surface area contributed by atoms with Gasteiger partial charge in [-0.3, -0.25) is 0 Å². The summed E-state index contributed by atoms with van der Waals surface area (Å²) in [5.41, 5.74) is 0.668. The lowest BCUT2D eigenvalue weighted by atomic mass is 10.0. The Hall–Kier alpha value is -0.960. The SMILES string of the molecule is C=C(c1cc(C)c(C)c(Cl)c1)C(F)(F)F. The molecule has 82 valence electrons. The van der Waals surface area contributed by atoms with Crippen LogP contribution < -0.4 is 0 Å². The maximum Gasteiger partial charge on any atom is 0.416 e. The van der Waals surface area contributed by atoms with Crippen LogP contribution >= 0.6 is 11.6 Å². The second-order valence-corrected chi connectivity index (χ2v) is 3.78. The number of allylic oxidation sites excluding steroid dienone is 1. The Morgan fingerprint density at radius 3 is 2.20 bits per heavy atom. The van der Waals surface area contributed by atoms with Gasteiger partial charge in [-0.15, -0.1) is 0 Å². The van der Waals surface area contributed by atoms with Crippen LogP contribution in [0.25, 0.3) is 5.57 Å². The highest BCUT2D eigenvalue weighted by atomic mass is 35.5. The van der Waals surface area contributed by atoms with E-state index in [4.69, 9.17) is 11.6 Å². The van der Waals surface area contributed by atoms with Crippen LogP contribution in [-0.4, -0.2) is 6.18 Å².